The standard InChI is InChI=1S/C18H24N6O/c1-3-5-18(25)24-12-10-23(11-13-24)17-9-8-16(21-22-17)20-15-7-4-6-14(2)19-15/h4,6-9H,3,5,10-13H2,1-2H3,(H,19,20,21). The van der Waals surface area contributed by atoms with E-state index in [0.29, 0.717) is 12.2 Å². The minimum absolute atomic E-state index is 0.249. The summed E-state index contributed by atoms with van der Waals surface area (Å²) < 4.78 is 0. The molecule has 25 heavy (non-hydrogen) atoms. The average Bonchev–Trinajstić information content (AvgIpc) is 2.63. The summed E-state index contributed by atoms with van der Waals surface area (Å²) in [5.74, 6) is 2.51. The molecule has 1 saturated heterocycles. The molecule has 2 aromatic heterocycles. The minimum Gasteiger partial charge on any atom is -0.352 e. The molecule has 1 fully saturated rings. The van der Waals surface area contributed by atoms with Gasteiger partial charge in [0.2, 0.25) is 5.91 Å². The van der Waals surface area contributed by atoms with E-state index in [0.717, 1.165) is 49.9 Å². The van der Waals surface area contributed by atoms with Crippen LogP contribution in [-0.4, -0.2) is 52.2 Å². The summed E-state index contributed by atoms with van der Waals surface area (Å²) in [6.07, 6.45) is 1.53. The first-order chi connectivity index (χ1) is 12.2. The van der Waals surface area contributed by atoms with Crippen LogP contribution in [0.1, 0.15) is 25.5 Å². The van der Waals surface area contributed by atoms with E-state index in [-0.39, 0.29) is 5.91 Å². The molecule has 0 spiro atoms. The monoisotopic (exact) mass is 340 g/mol. The molecule has 2 aromatic rings. The molecule has 0 bridgehead atoms. The number of aromatic nitrogens is 3. The van der Waals surface area contributed by atoms with Gasteiger partial charge in [-0.15, -0.1) is 10.2 Å². The van der Waals surface area contributed by atoms with Crippen molar-refractivity contribution in [3.63, 3.8) is 0 Å². The van der Waals surface area contributed by atoms with E-state index in [1.165, 1.54) is 0 Å². The fourth-order valence-electron chi connectivity index (χ4n) is 2.86. The summed E-state index contributed by atoms with van der Waals surface area (Å²) in [6, 6.07) is 9.65. The third kappa shape index (κ3) is 4.43. The molecule has 0 unspecified atom stereocenters. The first-order valence-electron chi connectivity index (χ1n) is 8.73. The molecule has 0 aromatic carbocycles. The van der Waals surface area contributed by atoms with Crippen LogP contribution in [0.4, 0.5) is 17.5 Å². The van der Waals surface area contributed by atoms with Crippen molar-refractivity contribution in [1.82, 2.24) is 20.1 Å². The van der Waals surface area contributed by atoms with Gasteiger partial charge in [0.25, 0.3) is 0 Å². The maximum absolute atomic E-state index is 11.9. The molecule has 3 heterocycles. The lowest BCUT2D eigenvalue weighted by Gasteiger charge is -2.35. The van der Waals surface area contributed by atoms with Gasteiger partial charge >= 0.3 is 0 Å². The quantitative estimate of drug-likeness (QED) is 0.901. The predicted octanol–water partition coefficient (Wildman–Crippen LogP) is 2.37. The number of pyridine rings is 1. The van der Waals surface area contributed by atoms with Crippen LogP contribution in [0, 0.1) is 6.92 Å². The molecular weight excluding hydrogens is 316 g/mol. The second-order valence-electron chi connectivity index (χ2n) is 6.18. The Morgan fingerprint density at radius 3 is 2.52 bits per heavy atom. The normalized spacial score (nSPS) is 14.5. The second-order valence-corrected chi connectivity index (χ2v) is 6.18. The van der Waals surface area contributed by atoms with Crippen LogP contribution < -0.4 is 10.2 Å². The maximum atomic E-state index is 11.9. The van der Waals surface area contributed by atoms with Crippen molar-refractivity contribution in [3.05, 3.63) is 36.0 Å². The summed E-state index contributed by atoms with van der Waals surface area (Å²) in [5.41, 5.74) is 0.949. The van der Waals surface area contributed by atoms with Gasteiger partial charge in [0.05, 0.1) is 0 Å². The van der Waals surface area contributed by atoms with E-state index in [4.69, 9.17) is 0 Å². The lowest BCUT2D eigenvalue weighted by Crippen LogP contribution is -2.49. The van der Waals surface area contributed by atoms with Crippen molar-refractivity contribution in [2.45, 2.75) is 26.7 Å². The number of hydrogen-bond acceptors (Lipinski definition) is 6. The van der Waals surface area contributed by atoms with Gasteiger partial charge in [-0.05, 0) is 37.6 Å². The van der Waals surface area contributed by atoms with E-state index in [1.807, 2.05) is 49.1 Å². The van der Waals surface area contributed by atoms with Crippen LogP contribution in [0.25, 0.3) is 0 Å². The zero-order chi connectivity index (χ0) is 17.6. The van der Waals surface area contributed by atoms with E-state index in [2.05, 4.69) is 25.4 Å². The molecule has 1 aliphatic heterocycles. The topological polar surface area (TPSA) is 74.2 Å². The van der Waals surface area contributed by atoms with Crippen LogP contribution in [-0.2, 0) is 4.79 Å². The number of nitrogens with zero attached hydrogens (tertiary/aromatic N) is 5. The van der Waals surface area contributed by atoms with Gasteiger partial charge < -0.3 is 15.1 Å². The molecule has 7 nitrogen and oxygen atoms in total. The molecule has 1 N–H and O–H groups in total. The Morgan fingerprint density at radius 2 is 1.88 bits per heavy atom. The number of carbonyl (C=O) groups excluding carboxylic acids is 1. The van der Waals surface area contributed by atoms with Crippen molar-refractivity contribution >= 4 is 23.4 Å². The average molecular weight is 340 g/mol. The minimum atomic E-state index is 0.249. The van der Waals surface area contributed by atoms with Gasteiger partial charge in [0, 0.05) is 38.3 Å². The third-order valence-corrected chi connectivity index (χ3v) is 4.22. The fourth-order valence-corrected chi connectivity index (χ4v) is 2.86. The summed E-state index contributed by atoms with van der Waals surface area (Å²) in [5, 5.41) is 11.7. The molecule has 3 rings (SSSR count). The SMILES string of the molecule is CCCC(=O)N1CCN(c2ccc(Nc3cccc(C)n3)nn2)CC1. The van der Waals surface area contributed by atoms with E-state index < -0.39 is 0 Å². The number of rotatable bonds is 5. The predicted molar refractivity (Wildman–Crippen MR) is 98.0 cm³/mol. The highest BCUT2D eigenvalue weighted by Crippen LogP contribution is 2.17. The molecule has 7 heteroatoms. The van der Waals surface area contributed by atoms with Gasteiger partial charge in [0.1, 0.15) is 5.82 Å². The Bertz CT molecular complexity index is 710. The van der Waals surface area contributed by atoms with E-state index in [1.54, 1.807) is 0 Å². The Morgan fingerprint density at radius 1 is 1.08 bits per heavy atom. The van der Waals surface area contributed by atoms with Gasteiger partial charge in [-0.2, -0.15) is 0 Å². The lowest BCUT2D eigenvalue weighted by atomic mass is 10.2. The van der Waals surface area contributed by atoms with Crippen LogP contribution in [0.2, 0.25) is 0 Å². The Kier molecular flexibility index (Phi) is 5.42. The number of carbonyl (C=O) groups is 1. The van der Waals surface area contributed by atoms with E-state index >= 15 is 0 Å². The lowest BCUT2D eigenvalue weighted by molar-refractivity contribution is -0.131. The second kappa shape index (κ2) is 7.92. The highest BCUT2D eigenvalue weighted by Gasteiger charge is 2.21. The molecule has 0 aliphatic carbocycles. The first-order valence-corrected chi connectivity index (χ1v) is 8.73. The van der Waals surface area contributed by atoms with Crippen LogP contribution in [0.3, 0.4) is 0 Å². The summed E-state index contributed by atoms with van der Waals surface area (Å²) >= 11 is 0. The van der Waals surface area contributed by atoms with Gasteiger partial charge in [0.15, 0.2) is 11.6 Å². The molecule has 0 atom stereocenters. The molecule has 0 radical (unpaired) electrons. The highest BCUT2D eigenvalue weighted by atomic mass is 16.2. The van der Waals surface area contributed by atoms with Gasteiger partial charge in [-0.25, -0.2) is 4.98 Å². The van der Waals surface area contributed by atoms with Crippen molar-refractivity contribution in [2.75, 3.05) is 36.4 Å². The number of amides is 1. The van der Waals surface area contributed by atoms with Gasteiger partial charge in [-0.3, -0.25) is 4.79 Å². The molecule has 1 amide bonds. The van der Waals surface area contributed by atoms with Crippen molar-refractivity contribution in [2.24, 2.45) is 0 Å². The van der Waals surface area contributed by atoms with Crippen molar-refractivity contribution < 1.29 is 4.79 Å². The summed E-state index contributed by atoms with van der Waals surface area (Å²) in [6.45, 7) is 7.05. The highest BCUT2D eigenvalue weighted by molar-refractivity contribution is 5.76. The number of hydrogen-bond donors (Lipinski definition) is 1. The zero-order valence-electron chi connectivity index (χ0n) is 14.8. The Balaban J connectivity index is 1.57. The Hall–Kier alpha value is -2.70. The van der Waals surface area contributed by atoms with Crippen LogP contribution in [0.5, 0.6) is 0 Å². The third-order valence-electron chi connectivity index (χ3n) is 4.22. The molecule has 0 saturated carbocycles. The maximum Gasteiger partial charge on any atom is 0.222 e. The summed E-state index contributed by atoms with van der Waals surface area (Å²) in [4.78, 5) is 20.4. The zero-order valence-corrected chi connectivity index (χ0v) is 14.8. The molecule has 132 valence electrons. The number of piperazine rings is 1. The van der Waals surface area contributed by atoms with Crippen LogP contribution >= 0.6 is 0 Å². The van der Waals surface area contributed by atoms with Gasteiger partial charge in [-0.1, -0.05) is 13.0 Å². The molecule has 1 aliphatic rings. The van der Waals surface area contributed by atoms with Crippen LogP contribution in [0.15, 0.2) is 30.3 Å². The first kappa shape index (κ1) is 17.1. The number of aryl methyl sites for hydroxylation is 1. The number of nitrogens with one attached hydrogen (secondary N) is 1. The van der Waals surface area contributed by atoms with Crippen molar-refractivity contribution in [3.8, 4) is 0 Å². The Labute approximate surface area is 148 Å². The number of anilines is 3. The smallest absolute Gasteiger partial charge is 0.222 e. The molecular formula is C18H24N6O. The summed E-state index contributed by atoms with van der Waals surface area (Å²) in [7, 11) is 0. The largest absolute Gasteiger partial charge is 0.352 e. The fraction of sp³-hybridized carbons (Fsp3) is 0.444. The van der Waals surface area contributed by atoms with E-state index in [9.17, 15) is 4.79 Å². The van der Waals surface area contributed by atoms with Crippen molar-refractivity contribution in [1.29, 1.82) is 0 Å².